The number of hydrogen-bond donors (Lipinski definition) is 2. The number of nitrogens with one attached hydrogen (secondary N) is 1. The first-order chi connectivity index (χ1) is 11.6. The first-order valence-electron chi connectivity index (χ1n) is 7.89. The minimum Gasteiger partial charge on any atom is -0.481 e. The highest BCUT2D eigenvalue weighted by molar-refractivity contribution is 7.89. The summed E-state index contributed by atoms with van der Waals surface area (Å²) < 4.78 is 64.7. The van der Waals surface area contributed by atoms with Gasteiger partial charge in [-0.3, -0.25) is 9.78 Å². The van der Waals surface area contributed by atoms with Crippen molar-refractivity contribution < 1.29 is 31.5 Å². The van der Waals surface area contributed by atoms with Crippen LogP contribution in [0.25, 0.3) is 0 Å². The lowest BCUT2D eigenvalue weighted by molar-refractivity contribution is -0.143. The monoisotopic (exact) mass is 380 g/mol. The van der Waals surface area contributed by atoms with Crippen molar-refractivity contribution in [1.82, 2.24) is 9.71 Å². The largest absolute Gasteiger partial charge is 0.481 e. The SMILES string of the molecule is O=C(O)C1CCCCCCC1NS(=O)(=O)c1ccc(C(F)(F)F)nc1. The van der Waals surface area contributed by atoms with Gasteiger partial charge in [0.15, 0.2) is 0 Å². The number of nitrogens with zero attached hydrogens (tertiary/aromatic N) is 1. The van der Waals surface area contributed by atoms with Gasteiger partial charge in [0.1, 0.15) is 10.6 Å². The summed E-state index contributed by atoms with van der Waals surface area (Å²) in [5.74, 6) is -1.95. The van der Waals surface area contributed by atoms with E-state index in [1.54, 1.807) is 0 Å². The summed E-state index contributed by atoms with van der Waals surface area (Å²) in [4.78, 5) is 14.1. The van der Waals surface area contributed by atoms with Gasteiger partial charge in [-0.1, -0.05) is 25.7 Å². The molecule has 2 rings (SSSR count). The molecule has 1 aliphatic rings. The maximum atomic E-state index is 12.5. The third-order valence-electron chi connectivity index (χ3n) is 4.23. The standard InChI is InChI=1S/C15H19F3N2O4S/c16-15(17,18)13-8-7-10(9-19-13)25(23,24)20-12-6-4-2-1-3-5-11(12)14(21)22/h7-9,11-12,20H,1-6H2,(H,21,22). The normalized spacial score (nSPS) is 22.8. The van der Waals surface area contributed by atoms with E-state index in [9.17, 15) is 31.5 Å². The molecule has 6 nitrogen and oxygen atoms in total. The van der Waals surface area contributed by atoms with Crippen LogP contribution in [0, 0.1) is 5.92 Å². The zero-order valence-corrected chi connectivity index (χ0v) is 14.1. The second kappa shape index (κ2) is 7.69. The fourth-order valence-corrected chi connectivity index (χ4v) is 4.15. The molecule has 25 heavy (non-hydrogen) atoms. The molecule has 0 saturated heterocycles. The van der Waals surface area contributed by atoms with Crippen molar-refractivity contribution in [3.05, 3.63) is 24.0 Å². The smallest absolute Gasteiger partial charge is 0.433 e. The molecule has 2 atom stereocenters. The summed E-state index contributed by atoms with van der Waals surface area (Å²) >= 11 is 0. The Morgan fingerprint density at radius 2 is 1.80 bits per heavy atom. The second-order valence-corrected chi connectivity index (χ2v) is 7.75. The van der Waals surface area contributed by atoms with Crippen molar-refractivity contribution in [3.8, 4) is 0 Å². The van der Waals surface area contributed by atoms with E-state index in [-0.39, 0.29) is 0 Å². The van der Waals surface area contributed by atoms with Crippen molar-refractivity contribution in [2.45, 2.75) is 55.6 Å². The molecule has 0 aromatic carbocycles. The molecule has 1 fully saturated rings. The van der Waals surface area contributed by atoms with E-state index >= 15 is 0 Å². The fraction of sp³-hybridized carbons (Fsp3) is 0.600. The molecule has 0 amide bonds. The number of hydrogen-bond acceptors (Lipinski definition) is 4. The number of carboxylic acids is 1. The van der Waals surface area contributed by atoms with Crippen molar-refractivity contribution in [3.63, 3.8) is 0 Å². The van der Waals surface area contributed by atoms with E-state index in [0.29, 0.717) is 37.9 Å². The van der Waals surface area contributed by atoms with Gasteiger partial charge in [0, 0.05) is 12.2 Å². The van der Waals surface area contributed by atoms with E-state index in [4.69, 9.17) is 0 Å². The van der Waals surface area contributed by atoms with Crippen molar-refractivity contribution in [2.75, 3.05) is 0 Å². The maximum absolute atomic E-state index is 12.5. The summed E-state index contributed by atoms with van der Waals surface area (Å²) in [6.45, 7) is 0. The number of aliphatic carboxylic acids is 1. The number of rotatable bonds is 4. The van der Waals surface area contributed by atoms with Crippen LogP contribution in [-0.4, -0.2) is 30.5 Å². The Bertz CT molecular complexity index is 704. The highest BCUT2D eigenvalue weighted by Gasteiger charge is 2.34. The first kappa shape index (κ1) is 19.6. The van der Waals surface area contributed by atoms with Crippen LogP contribution in [0.1, 0.15) is 44.2 Å². The van der Waals surface area contributed by atoms with Crippen LogP contribution in [0.3, 0.4) is 0 Å². The lowest BCUT2D eigenvalue weighted by Crippen LogP contribution is -2.43. The third-order valence-corrected chi connectivity index (χ3v) is 5.70. The predicted molar refractivity (Wildman–Crippen MR) is 82.2 cm³/mol. The van der Waals surface area contributed by atoms with Crippen LogP contribution in [0.5, 0.6) is 0 Å². The van der Waals surface area contributed by atoms with Gasteiger partial charge >= 0.3 is 12.1 Å². The zero-order valence-electron chi connectivity index (χ0n) is 13.3. The Hall–Kier alpha value is -1.68. The molecule has 0 bridgehead atoms. The van der Waals surface area contributed by atoms with Crippen LogP contribution in [-0.2, 0) is 21.0 Å². The van der Waals surface area contributed by atoms with E-state index in [1.165, 1.54) is 0 Å². The number of halogens is 3. The van der Waals surface area contributed by atoms with Gasteiger partial charge in [-0.2, -0.15) is 13.2 Å². The number of carbonyl (C=O) groups is 1. The topological polar surface area (TPSA) is 96.4 Å². The number of pyridine rings is 1. The van der Waals surface area contributed by atoms with Gasteiger partial charge < -0.3 is 5.11 Å². The molecule has 140 valence electrons. The molecule has 0 spiro atoms. The highest BCUT2D eigenvalue weighted by Crippen LogP contribution is 2.28. The number of carboxylic acid groups (broad SMARTS) is 1. The number of alkyl halides is 3. The van der Waals surface area contributed by atoms with E-state index < -0.39 is 44.7 Å². The van der Waals surface area contributed by atoms with Crippen molar-refractivity contribution >= 4 is 16.0 Å². The molecule has 0 radical (unpaired) electrons. The molecule has 1 aromatic rings. The third kappa shape index (κ3) is 5.15. The maximum Gasteiger partial charge on any atom is 0.433 e. The Labute approximate surface area is 143 Å². The molecule has 1 aromatic heterocycles. The van der Waals surface area contributed by atoms with Crippen molar-refractivity contribution in [2.24, 2.45) is 5.92 Å². The number of aromatic nitrogens is 1. The minimum absolute atomic E-state index is 0.355. The van der Waals surface area contributed by atoms with Crippen LogP contribution in [0.4, 0.5) is 13.2 Å². The van der Waals surface area contributed by atoms with Gasteiger partial charge in [0.25, 0.3) is 0 Å². The molecule has 0 aliphatic heterocycles. The summed E-state index contributed by atoms with van der Waals surface area (Å²) in [7, 11) is -4.16. The van der Waals surface area contributed by atoms with E-state index in [2.05, 4.69) is 9.71 Å². The van der Waals surface area contributed by atoms with E-state index in [0.717, 1.165) is 18.9 Å². The molecule has 1 heterocycles. The Kier molecular flexibility index (Phi) is 6.04. The molecular weight excluding hydrogens is 361 g/mol. The quantitative estimate of drug-likeness (QED) is 0.837. The average Bonchev–Trinajstić information content (AvgIpc) is 2.49. The molecule has 1 saturated carbocycles. The molecule has 1 aliphatic carbocycles. The molecule has 2 N–H and O–H groups in total. The summed E-state index contributed by atoms with van der Waals surface area (Å²) in [6, 6.07) is 0.600. The molecule has 2 unspecified atom stereocenters. The Morgan fingerprint density at radius 1 is 1.16 bits per heavy atom. The van der Waals surface area contributed by atoms with Crippen LogP contribution >= 0.6 is 0 Å². The minimum atomic E-state index is -4.66. The van der Waals surface area contributed by atoms with Gasteiger partial charge in [-0.25, -0.2) is 13.1 Å². The Morgan fingerprint density at radius 3 is 2.32 bits per heavy atom. The van der Waals surface area contributed by atoms with Crippen LogP contribution < -0.4 is 4.72 Å². The second-order valence-electron chi connectivity index (χ2n) is 6.04. The fourth-order valence-electron chi connectivity index (χ4n) is 2.90. The summed E-state index contributed by atoms with van der Waals surface area (Å²) in [6.07, 6.45) is -0.163. The summed E-state index contributed by atoms with van der Waals surface area (Å²) in [5, 5.41) is 9.35. The van der Waals surface area contributed by atoms with E-state index in [1.807, 2.05) is 0 Å². The molecular formula is C15H19F3N2O4S. The van der Waals surface area contributed by atoms with Gasteiger partial charge in [-0.05, 0) is 25.0 Å². The zero-order chi connectivity index (χ0) is 18.7. The average molecular weight is 380 g/mol. The molecule has 10 heteroatoms. The van der Waals surface area contributed by atoms with Gasteiger partial charge in [-0.15, -0.1) is 0 Å². The lowest BCUT2D eigenvalue weighted by atomic mass is 9.87. The first-order valence-corrected chi connectivity index (χ1v) is 9.38. The lowest BCUT2D eigenvalue weighted by Gasteiger charge is -2.27. The van der Waals surface area contributed by atoms with Crippen LogP contribution in [0.15, 0.2) is 23.2 Å². The Balaban J connectivity index is 2.21. The highest BCUT2D eigenvalue weighted by atomic mass is 32.2. The number of sulfonamides is 1. The van der Waals surface area contributed by atoms with Gasteiger partial charge in [0.2, 0.25) is 10.0 Å². The summed E-state index contributed by atoms with van der Waals surface area (Å²) in [5.41, 5.74) is -1.19. The van der Waals surface area contributed by atoms with Gasteiger partial charge in [0.05, 0.1) is 5.92 Å². The van der Waals surface area contributed by atoms with Crippen LogP contribution in [0.2, 0.25) is 0 Å². The predicted octanol–water partition coefficient (Wildman–Crippen LogP) is 2.80. The van der Waals surface area contributed by atoms with Crippen molar-refractivity contribution in [1.29, 1.82) is 0 Å².